The summed E-state index contributed by atoms with van der Waals surface area (Å²) < 4.78 is 16.2. The molecule has 0 aliphatic heterocycles. The van der Waals surface area contributed by atoms with Gasteiger partial charge in [0.1, 0.15) is 5.60 Å². The second-order valence-corrected chi connectivity index (χ2v) is 6.86. The Morgan fingerprint density at radius 2 is 2.04 bits per heavy atom. The summed E-state index contributed by atoms with van der Waals surface area (Å²) in [7, 11) is 0. The van der Waals surface area contributed by atoms with Gasteiger partial charge in [0, 0.05) is 11.5 Å². The Hall–Kier alpha value is -2.44. The third kappa shape index (κ3) is 3.68. The number of ether oxygens (including phenoxy) is 2. The molecule has 2 aromatic rings. The maximum absolute atomic E-state index is 12.9. The number of hydrogen-bond donors (Lipinski definition) is 1. The van der Waals surface area contributed by atoms with Crippen LogP contribution in [0.5, 0.6) is 0 Å². The molecule has 6 nitrogen and oxygen atoms in total. The van der Waals surface area contributed by atoms with E-state index in [1.807, 2.05) is 30.3 Å². The van der Waals surface area contributed by atoms with E-state index in [1.165, 1.54) is 12.5 Å². The zero-order chi connectivity index (χ0) is 19.4. The van der Waals surface area contributed by atoms with Crippen LogP contribution in [0.3, 0.4) is 0 Å². The summed E-state index contributed by atoms with van der Waals surface area (Å²) in [5.74, 6) is -2.15. The number of aliphatic hydroxyl groups is 1. The Morgan fingerprint density at radius 1 is 1.30 bits per heavy atom. The lowest BCUT2D eigenvalue weighted by Gasteiger charge is -2.44. The zero-order valence-electron chi connectivity index (χ0n) is 15.5. The van der Waals surface area contributed by atoms with Crippen molar-refractivity contribution in [1.29, 1.82) is 0 Å². The van der Waals surface area contributed by atoms with E-state index in [2.05, 4.69) is 0 Å². The Balaban J connectivity index is 1.97. The van der Waals surface area contributed by atoms with Gasteiger partial charge >= 0.3 is 5.97 Å². The standard InChI is InChI=1S/C21H24O6/c1-3-26-20(23)17-11-14(2)18(22)19(21(17,24)16-9-10-25-13-16)27-12-15-7-5-4-6-8-15/h4-10,13-14,17,19,24H,3,11-12H2,1-2H3/t14-,17-,19-,21+/m0/s1. The second-order valence-electron chi connectivity index (χ2n) is 6.86. The predicted molar refractivity (Wildman–Crippen MR) is 96.5 cm³/mol. The van der Waals surface area contributed by atoms with Gasteiger partial charge in [0.25, 0.3) is 0 Å². The Bertz CT molecular complexity index is 769. The SMILES string of the molecule is CCOC(=O)[C@@H]1C[C@H](C)C(=O)[C@H](OCc2ccccc2)[C@@]1(O)c1ccoc1. The molecule has 1 aliphatic carbocycles. The van der Waals surface area contributed by atoms with Crippen molar-refractivity contribution < 1.29 is 28.6 Å². The highest BCUT2D eigenvalue weighted by atomic mass is 16.5. The van der Waals surface area contributed by atoms with Crippen molar-refractivity contribution in [3.63, 3.8) is 0 Å². The molecule has 3 rings (SSSR count). The van der Waals surface area contributed by atoms with Crippen LogP contribution >= 0.6 is 0 Å². The third-order valence-corrected chi connectivity index (χ3v) is 5.08. The van der Waals surface area contributed by atoms with E-state index in [9.17, 15) is 14.7 Å². The van der Waals surface area contributed by atoms with Gasteiger partial charge in [-0.1, -0.05) is 37.3 Å². The number of rotatable bonds is 6. The first-order chi connectivity index (χ1) is 13.0. The van der Waals surface area contributed by atoms with E-state index in [0.29, 0.717) is 5.56 Å². The maximum atomic E-state index is 12.9. The predicted octanol–water partition coefficient (Wildman–Crippen LogP) is 2.84. The highest BCUT2D eigenvalue weighted by Crippen LogP contribution is 2.45. The van der Waals surface area contributed by atoms with Crippen LogP contribution in [-0.4, -0.2) is 29.6 Å². The van der Waals surface area contributed by atoms with Gasteiger partial charge < -0.3 is 19.0 Å². The summed E-state index contributed by atoms with van der Waals surface area (Å²) in [5.41, 5.74) is -0.651. The normalized spacial score (nSPS) is 28.1. The van der Waals surface area contributed by atoms with Gasteiger partial charge in [-0.15, -0.1) is 0 Å². The van der Waals surface area contributed by atoms with Crippen LogP contribution in [0, 0.1) is 11.8 Å². The first-order valence-electron chi connectivity index (χ1n) is 9.09. The fourth-order valence-corrected chi connectivity index (χ4v) is 3.63. The Kier molecular flexibility index (Phi) is 5.77. The molecule has 1 N–H and O–H groups in total. The van der Waals surface area contributed by atoms with Crippen molar-refractivity contribution in [2.24, 2.45) is 11.8 Å². The number of esters is 1. The molecule has 0 spiro atoms. The summed E-state index contributed by atoms with van der Waals surface area (Å²) in [6, 6.07) is 10.9. The first kappa shape index (κ1) is 19.3. The molecule has 144 valence electrons. The number of carbonyl (C=O) groups excluding carboxylic acids is 2. The van der Waals surface area contributed by atoms with E-state index in [0.717, 1.165) is 5.56 Å². The van der Waals surface area contributed by atoms with Gasteiger partial charge in [0.15, 0.2) is 11.9 Å². The number of benzene rings is 1. The van der Waals surface area contributed by atoms with E-state index in [-0.39, 0.29) is 25.4 Å². The molecule has 1 heterocycles. The summed E-state index contributed by atoms with van der Waals surface area (Å²) >= 11 is 0. The number of carbonyl (C=O) groups is 2. The number of hydrogen-bond acceptors (Lipinski definition) is 6. The monoisotopic (exact) mass is 372 g/mol. The summed E-state index contributed by atoms with van der Waals surface area (Å²) in [5, 5.41) is 11.6. The van der Waals surface area contributed by atoms with Gasteiger partial charge in [-0.3, -0.25) is 9.59 Å². The van der Waals surface area contributed by atoms with Gasteiger partial charge in [-0.2, -0.15) is 0 Å². The third-order valence-electron chi connectivity index (χ3n) is 5.08. The minimum absolute atomic E-state index is 0.139. The summed E-state index contributed by atoms with van der Waals surface area (Å²) in [6.07, 6.45) is 1.72. The lowest BCUT2D eigenvalue weighted by atomic mass is 9.66. The van der Waals surface area contributed by atoms with Crippen molar-refractivity contribution in [2.45, 2.75) is 38.6 Å². The molecular weight excluding hydrogens is 348 g/mol. The Morgan fingerprint density at radius 3 is 2.67 bits per heavy atom. The largest absolute Gasteiger partial charge is 0.472 e. The smallest absolute Gasteiger partial charge is 0.312 e. The topological polar surface area (TPSA) is 86.0 Å². The van der Waals surface area contributed by atoms with Crippen molar-refractivity contribution in [2.75, 3.05) is 6.61 Å². The number of Topliss-reactive ketones (excluding diaryl/α,β-unsaturated/α-hetero) is 1. The number of ketones is 1. The fourth-order valence-electron chi connectivity index (χ4n) is 3.63. The van der Waals surface area contributed by atoms with Crippen molar-refractivity contribution >= 4 is 11.8 Å². The molecule has 6 heteroatoms. The van der Waals surface area contributed by atoms with Crippen LogP contribution in [0.2, 0.25) is 0 Å². The zero-order valence-corrected chi connectivity index (χ0v) is 15.5. The van der Waals surface area contributed by atoms with E-state index >= 15 is 0 Å². The van der Waals surface area contributed by atoms with Gasteiger partial charge in [0.05, 0.1) is 31.7 Å². The van der Waals surface area contributed by atoms with Gasteiger partial charge in [-0.25, -0.2) is 0 Å². The molecule has 1 saturated carbocycles. The van der Waals surface area contributed by atoms with Crippen molar-refractivity contribution in [1.82, 2.24) is 0 Å². The minimum Gasteiger partial charge on any atom is -0.472 e. The van der Waals surface area contributed by atoms with Crippen LogP contribution in [0.15, 0.2) is 53.3 Å². The van der Waals surface area contributed by atoms with Crippen LogP contribution in [0.25, 0.3) is 0 Å². The highest BCUT2D eigenvalue weighted by Gasteiger charge is 2.58. The molecular formula is C21H24O6. The van der Waals surface area contributed by atoms with Crippen molar-refractivity contribution in [3.05, 3.63) is 60.1 Å². The lowest BCUT2D eigenvalue weighted by Crippen LogP contribution is -2.59. The average molecular weight is 372 g/mol. The fraction of sp³-hybridized carbons (Fsp3) is 0.429. The molecule has 1 aliphatic rings. The molecule has 0 saturated heterocycles. The molecule has 0 unspecified atom stereocenters. The van der Waals surface area contributed by atoms with Crippen LogP contribution in [0.4, 0.5) is 0 Å². The van der Waals surface area contributed by atoms with Crippen molar-refractivity contribution in [3.8, 4) is 0 Å². The molecule has 1 aromatic carbocycles. The lowest BCUT2D eigenvalue weighted by molar-refractivity contribution is -0.199. The molecule has 1 fully saturated rings. The van der Waals surface area contributed by atoms with E-state index < -0.39 is 29.5 Å². The van der Waals surface area contributed by atoms with Crippen LogP contribution < -0.4 is 0 Å². The molecule has 0 bridgehead atoms. The molecule has 4 atom stereocenters. The van der Waals surface area contributed by atoms with E-state index in [4.69, 9.17) is 13.9 Å². The minimum atomic E-state index is -1.85. The van der Waals surface area contributed by atoms with E-state index in [1.54, 1.807) is 19.9 Å². The van der Waals surface area contributed by atoms with Gasteiger partial charge in [-0.05, 0) is 25.0 Å². The summed E-state index contributed by atoms with van der Waals surface area (Å²) in [4.78, 5) is 25.5. The van der Waals surface area contributed by atoms with Gasteiger partial charge in [0.2, 0.25) is 0 Å². The second kappa shape index (κ2) is 8.06. The maximum Gasteiger partial charge on any atom is 0.312 e. The number of furan rings is 1. The molecule has 0 radical (unpaired) electrons. The van der Waals surface area contributed by atoms with Crippen LogP contribution in [-0.2, 0) is 31.3 Å². The Labute approximate surface area is 158 Å². The molecule has 0 amide bonds. The average Bonchev–Trinajstić information content (AvgIpc) is 3.21. The van der Waals surface area contributed by atoms with Crippen LogP contribution in [0.1, 0.15) is 31.4 Å². The first-order valence-corrected chi connectivity index (χ1v) is 9.09. The highest BCUT2D eigenvalue weighted by molar-refractivity contribution is 5.90. The molecule has 27 heavy (non-hydrogen) atoms. The summed E-state index contributed by atoms with van der Waals surface area (Å²) in [6.45, 7) is 3.77. The molecule has 1 aromatic heterocycles. The quantitative estimate of drug-likeness (QED) is 0.785.